The van der Waals surface area contributed by atoms with E-state index in [1.165, 1.54) is 0 Å². The van der Waals surface area contributed by atoms with Gasteiger partial charge in [-0.05, 0) is 29.5 Å². The summed E-state index contributed by atoms with van der Waals surface area (Å²) in [5, 5.41) is 4.12. The van der Waals surface area contributed by atoms with Crippen molar-refractivity contribution < 1.29 is 9.32 Å². The van der Waals surface area contributed by atoms with Gasteiger partial charge in [0.05, 0.1) is 12.0 Å². The van der Waals surface area contributed by atoms with E-state index in [0.717, 1.165) is 23.2 Å². The van der Waals surface area contributed by atoms with Crippen LogP contribution in [0.1, 0.15) is 31.6 Å². The normalized spacial score (nSPS) is 20.3. The molecule has 0 bridgehead atoms. The molecule has 5 nitrogen and oxygen atoms in total. The summed E-state index contributed by atoms with van der Waals surface area (Å²) in [6.45, 7) is 4.70. The predicted octanol–water partition coefficient (Wildman–Crippen LogP) is 4.06. The van der Waals surface area contributed by atoms with Gasteiger partial charge in [-0.2, -0.15) is 0 Å². The van der Waals surface area contributed by atoms with Crippen molar-refractivity contribution in [3.05, 3.63) is 72.2 Å². The van der Waals surface area contributed by atoms with Crippen LogP contribution in [0.5, 0.6) is 0 Å². The van der Waals surface area contributed by atoms with Crippen LogP contribution < -0.4 is 0 Å². The van der Waals surface area contributed by atoms with Gasteiger partial charge in [0.15, 0.2) is 5.76 Å². The maximum Gasteiger partial charge on any atom is 0.233 e. The Morgan fingerprint density at radius 3 is 2.44 bits per heavy atom. The maximum atomic E-state index is 13.4. The smallest absolute Gasteiger partial charge is 0.233 e. The summed E-state index contributed by atoms with van der Waals surface area (Å²) in [4.78, 5) is 19.1. The van der Waals surface area contributed by atoms with Crippen LogP contribution in [0, 0.1) is 5.41 Å². The first-order valence-corrected chi connectivity index (χ1v) is 9.11. The fourth-order valence-corrected chi connectivity index (χ4v) is 4.00. The summed E-state index contributed by atoms with van der Waals surface area (Å²) in [5.74, 6) is 0.792. The van der Waals surface area contributed by atoms with E-state index in [9.17, 15) is 4.79 Å². The van der Waals surface area contributed by atoms with Crippen LogP contribution in [0.2, 0.25) is 0 Å². The first kappa shape index (κ1) is 17.5. The standard InChI is InChI=1S/C22H23N3O2/c1-21(2)15-22(21,17-7-5-4-6-8-17)20(26)25(3)14-18-13-19(24-27-18)16-9-11-23-12-10-16/h4-13H,14-15H2,1-3H3/t22-/m0/s1. The molecule has 1 aliphatic carbocycles. The zero-order valence-corrected chi connectivity index (χ0v) is 15.8. The fourth-order valence-electron chi connectivity index (χ4n) is 4.00. The monoisotopic (exact) mass is 361 g/mol. The topological polar surface area (TPSA) is 59.2 Å². The maximum absolute atomic E-state index is 13.4. The Bertz CT molecular complexity index is 950. The minimum Gasteiger partial charge on any atom is -0.359 e. The van der Waals surface area contributed by atoms with E-state index in [0.29, 0.717) is 12.3 Å². The molecule has 5 heteroatoms. The summed E-state index contributed by atoms with van der Waals surface area (Å²) in [7, 11) is 1.83. The van der Waals surface area contributed by atoms with Crippen LogP contribution in [0.15, 0.2) is 65.4 Å². The highest BCUT2D eigenvalue weighted by Crippen LogP contribution is 2.65. The molecular formula is C22H23N3O2. The third kappa shape index (κ3) is 2.93. The number of likely N-dealkylation sites (N-methyl/N-ethyl adjacent to an activating group) is 1. The number of pyridine rings is 1. The Labute approximate surface area is 159 Å². The van der Waals surface area contributed by atoms with E-state index in [1.54, 1.807) is 17.3 Å². The number of hydrogen-bond acceptors (Lipinski definition) is 4. The Hall–Kier alpha value is -2.95. The van der Waals surface area contributed by atoms with Gasteiger partial charge in [0.25, 0.3) is 0 Å². The van der Waals surface area contributed by atoms with Crippen molar-refractivity contribution in [3.63, 3.8) is 0 Å². The number of hydrogen-bond donors (Lipinski definition) is 0. The SMILES string of the molecule is CN(Cc1cc(-c2ccncc2)no1)C(=O)[C@@]1(c2ccccc2)CC1(C)C. The van der Waals surface area contributed by atoms with Crippen molar-refractivity contribution in [3.8, 4) is 11.3 Å². The fraction of sp³-hybridized carbons (Fsp3) is 0.318. The first-order valence-electron chi connectivity index (χ1n) is 9.11. The Morgan fingerprint density at radius 2 is 1.81 bits per heavy atom. The van der Waals surface area contributed by atoms with Crippen LogP contribution in [0.3, 0.4) is 0 Å². The Balaban J connectivity index is 1.54. The van der Waals surface area contributed by atoms with Crippen molar-refractivity contribution in [1.82, 2.24) is 15.0 Å². The van der Waals surface area contributed by atoms with Crippen molar-refractivity contribution in [2.75, 3.05) is 7.05 Å². The van der Waals surface area contributed by atoms with Gasteiger partial charge in [-0.1, -0.05) is 49.3 Å². The molecule has 2 aromatic heterocycles. The molecule has 1 fully saturated rings. The molecular weight excluding hydrogens is 338 g/mol. The molecule has 1 aliphatic rings. The van der Waals surface area contributed by atoms with Crippen LogP contribution in [0.4, 0.5) is 0 Å². The summed E-state index contributed by atoms with van der Waals surface area (Å²) >= 11 is 0. The lowest BCUT2D eigenvalue weighted by molar-refractivity contribution is -0.134. The van der Waals surface area contributed by atoms with E-state index < -0.39 is 5.41 Å². The minimum absolute atomic E-state index is 0.0523. The van der Waals surface area contributed by atoms with Gasteiger partial charge in [0.1, 0.15) is 5.69 Å². The average molecular weight is 361 g/mol. The second-order valence-corrected chi connectivity index (χ2v) is 7.91. The van der Waals surface area contributed by atoms with E-state index in [1.807, 2.05) is 43.4 Å². The molecule has 4 rings (SSSR count). The van der Waals surface area contributed by atoms with Gasteiger partial charge in [-0.25, -0.2) is 0 Å². The van der Waals surface area contributed by atoms with Crippen molar-refractivity contribution in [2.24, 2.45) is 5.41 Å². The molecule has 1 saturated carbocycles. The zero-order valence-electron chi connectivity index (χ0n) is 15.8. The van der Waals surface area contributed by atoms with Gasteiger partial charge < -0.3 is 9.42 Å². The highest BCUT2D eigenvalue weighted by atomic mass is 16.5. The van der Waals surface area contributed by atoms with Crippen LogP contribution in [-0.4, -0.2) is 28.0 Å². The molecule has 3 aromatic rings. The number of aromatic nitrogens is 2. The number of carbonyl (C=O) groups is 1. The lowest BCUT2D eigenvalue weighted by Crippen LogP contribution is -2.38. The molecule has 0 unspecified atom stereocenters. The van der Waals surface area contributed by atoms with Gasteiger partial charge in [0, 0.05) is 31.1 Å². The minimum atomic E-state index is -0.461. The largest absolute Gasteiger partial charge is 0.359 e. The average Bonchev–Trinajstić information content (AvgIpc) is 3.02. The van der Waals surface area contributed by atoms with Gasteiger partial charge in [0.2, 0.25) is 5.91 Å². The van der Waals surface area contributed by atoms with Gasteiger partial charge in [-0.3, -0.25) is 9.78 Å². The molecule has 138 valence electrons. The molecule has 0 aliphatic heterocycles. The zero-order chi connectivity index (χ0) is 19.1. The van der Waals surface area contributed by atoms with Crippen LogP contribution >= 0.6 is 0 Å². The molecule has 0 saturated heterocycles. The lowest BCUT2D eigenvalue weighted by atomic mass is 9.86. The highest BCUT2D eigenvalue weighted by molar-refractivity contribution is 5.93. The lowest BCUT2D eigenvalue weighted by Gasteiger charge is -2.26. The Morgan fingerprint density at radius 1 is 1.15 bits per heavy atom. The number of carbonyl (C=O) groups excluding carboxylic acids is 1. The van der Waals surface area contributed by atoms with E-state index in [4.69, 9.17) is 4.52 Å². The summed E-state index contributed by atoms with van der Waals surface area (Å²) in [6, 6.07) is 15.7. The third-order valence-corrected chi connectivity index (χ3v) is 5.64. The van der Waals surface area contributed by atoms with Gasteiger partial charge >= 0.3 is 0 Å². The predicted molar refractivity (Wildman–Crippen MR) is 103 cm³/mol. The number of benzene rings is 1. The first-order chi connectivity index (χ1) is 12.9. The molecule has 2 heterocycles. The molecule has 0 N–H and O–H groups in total. The molecule has 0 spiro atoms. The number of amides is 1. The van der Waals surface area contributed by atoms with Crippen LogP contribution in [-0.2, 0) is 16.8 Å². The quantitative estimate of drug-likeness (QED) is 0.687. The van der Waals surface area contributed by atoms with Gasteiger partial charge in [-0.15, -0.1) is 0 Å². The van der Waals surface area contributed by atoms with E-state index >= 15 is 0 Å². The highest BCUT2D eigenvalue weighted by Gasteiger charge is 2.67. The molecule has 27 heavy (non-hydrogen) atoms. The summed E-state index contributed by atoms with van der Waals surface area (Å²) in [6.07, 6.45) is 4.29. The molecule has 1 amide bonds. The second kappa shape index (κ2) is 6.34. The number of nitrogens with zero attached hydrogens (tertiary/aromatic N) is 3. The molecule has 1 atom stereocenters. The van der Waals surface area contributed by atoms with Crippen molar-refractivity contribution in [1.29, 1.82) is 0 Å². The third-order valence-electron chi connectivity index (χ3n) is 5.64. The Kier molecular flexibility index (Phi) is 4.10. The van der Waals surface area contributed by atoms with Crippen molar-refractivity contribution >= 4 is 5.91 Å². The molecule has 1 aromatic carbocycles. The summed E-state index contributed by atoms with van der Waals surface area (Å²) < 4.78 is 5.47. The molecule has 0 radical (unpaired) electrons. The van der Waals surface area contributed by atoms with Crippen LogP contribution in [0.25, 0.3) is 11.3 Å². The number of rotatable bonds is 5. The second-order valence-electron chi connectivity index (χ2n) is 7.91. The van der Waals surface area contributed by atoms with E-state index in [-0.39, 0.29) is 11.3 Å². The summed E-state index contributed by atoms with van der Waals surface area (Å²) in [5.41, 5.74) is 2.26. The van der Waals surface area contributed by atoms with E-state index in [2.05, 4.69) is 36.1 Å². The van der Waals surface area contributed by atoms with Crippen molar-refractivity contribution in [2.45, 2.75) is 32.2 Å².